The molecule has 0 bridgehead atoms. The molecule has 0 atom stereocenters. The zero-order valence-corrected chi connectivity index (χ0v) is 14.4. The summed E-state index contributed by atoms with van der Waals surface area (Å²) in [5.41, 5.74) is 0.723. The van der Waals surface area contributed by atoms with Gasteiger partial charge in [-0.2, -0.15) is 0 Å². The van der Waals surface area contributed by atoms with Gasteiger partial charge < -0.3 is 19.7 Å². The normalized spacial score (nSPS) is 20.0. The molecule has 3 rings (SSSR count). The van der Waals surface area contributed by atoms with Crippen LogP contribution in [-0.4, -0.2) is 68.9 Å². The number of carbonyl (C=O) groups is 1. The van der Waals surface area contributed by atoms with E-state index in [1.807, 2.05) is 29.2 Å². The van der Waals surface area contributed by atoms with Gasteiger partial charge in [-0.25, -0.2) is 4.79 Å². The fourth-order valence-corrected chi connectivity index (χ4v) is 3.41. The second kappa shape index (κ2) is 8.35. The molecule has 0 aromatic heterocycles. The van der Waals surface area contributed by atoms with Gasteiger partial charge in [-0.1, -0.05) is 12.1 Å². The van der Waals surface area contributed by atoms with E-state index in [0.717, 1.165) is 64.5 Å². The molecule has 132 valence electrons. The number of carbonyl (C=O) groups excluding carboxylic acids is 1. The van der Waals surface area contributed by atoms with Gasteiger partial charge in [-0.15, -0.1) is 0 Å². The van der Waals surface area contributed by atoms with Crippen molar-refractivity contribution in [3.8, 4) is 5.75 Å². The molecule has 6 heteroatoms. The number of methoxy groups -OCH3 is 1. The van der Waals surface area contributed by atoms with Crippen LogP contribution in [0.2, 0.25) is 0 Å². The highest BCUT2D eigenvalue weighted by Crippen LogP contribution is 2.25. The van der Waals surface area contributed by atoms with E-state index in [2.05, 4.69) is 10.2 Å². The van der Waals surface area contributed by atoms with Crippen molar-refractivity contribution in [2.24, 2.45) is 5.92 Å². The van der Waals surface area contributed by atoms with Crippen LogP contribution in [0, 0.1) is 5.92 Å². The second-order valence-corrected chi connectivity index (χ2v) is 6.47. The van der Waals surface area contributed by atoms with Crippen LogP contribution in [0.3, 0.4) is 0 Å². The molecule has 2 fully saturated rings. The zero-order valence-electron chi connectivity index (χ0n) is 14.4. The van der Waals surface area contributed by atoms with Crippen molar-refractivity contribution in [3.05, 3.63) is 24.3 Å². The minimum Gasteiger partial charge on any atom is -0.495 e. The Hall–Kier alpha value is -1.79. The van der Waals surface area contributed by atoms with Crippen LogP contribution in [0.25, 0.3) is 0 Å². The predicted molar refractivity (Wildman–Crippen MR) is 93.6 cm³/mol. The number of nitrogens with zero attached hydrogens (tertiary/aromatic N) is 2. The molecule has 24 heavy (non-hydrogen) atoms. The van der Waals surface area contributed by atoms with E-state index in [0.29, 0.717) is 11.7 Å². The van der Waals surface area contributed by atoms with Crippen molar-refractivity contribution in [2.45, 2.75) is 12.8 Å². The van der Waals surface area contributed by atoms with E-state index in [4.69, 9.17) is 9.47 Å². The van der Waals surface area contributed by atoms with Crippen molar-refractivity contribution in [1.82, 2.24) is 9.80 Å². The number of likely N-dealkylation sites (tertiary alicyclic amines) is 1. The monoisotopic (exact) mass is 333 g/mol. The van der Waals surface area contributed by atoms with Crippen molar-refractivity contribution in [3.63, 3.8) is 0 Å². The van der Waals surface area contributed by atoms with Crippen molar-refractivity contribution in [1.29, 1.82) is 0 Å². The van der Waals surface area contributed by atoms with Gasteiger partial charge >= 0.3 is 6.03 Å². The fourth-order valence-electron chi connectivity index (χ4n) is 3.41. The molecule has 0 spiro atoms. The van der Waals surface area contributed by atoms with Crippen LogP contribution < -0.4 is 10.1 Å². The van der Waals surface area contributed by atoms with Crippen molar-refractivity contribution < 1.29 is 14.3 Å². The number of nitrogens with one attached hydrogen (secondary N) is 1. The minimum atomic E-state index is -0.0377. The summed E-state index contributed by atoms with van der Waals surface area (Å²) in [6, 6.07) is 7.47. The van der Waals surface area contributed by atoms with Crippen LogP contribution in [0.4, 0.5) is 10.5 Å². The lowest BCUT2D eigenvalue weighted by Gasteiger charge is -2.36. The molecule has 2 amide bonds. The number of hydrogen-bond acceptors (Lipinski definition) is 4. The van der Waals surface area contributed by atoms with E-state index in [1.165, 1.54) is 0 Å². The summed E-state index contributed by atoms with van der Waals surface area (Å²) in [6.45, 7) is 6.53. The van der Waals surface area contributed by atoms with E-state index < -0.39 is 0 Å². The van der Waals surface area contributed by atoms with E-state index in [1.54, 1.807) is 7.11 Å². The molecular formula is C18H27N3O3. The molecule has 0 aliphatic carbocycles. The van der Waals surface area contributed by atoms with Crippen molar-refractivity contribution in [2.75, 3.05) is 58.4 Å². The van der Waals surface area contributed by atoms with Gasteiger partial charge in [-0.3, -0.25) is 4.90 Å². The predicted octanol–water partition coefficient (Wildman–Crippen LogP) is 2.27. The first-order valence-corrected chi connectivity index (χ1v) is 8.75. The molecule has 2 heterocycles. The maximum Gasteiger partial charge on any atom is 0.321 e. The quantitative estimate of drug-likeness (QED) is 0.918. The number of piperidine rings is 1. The average Bonchev–Trinajstić information content (AvgIpc) is 2.63. The number of para-hydroxylation sites is 2. The van der Waals surface area contributed by atoms with Gasteiger partial charge in [0.25, 0.3) is 0 Å². The number of urea groups is 1. The fraction of sp³-hybridized carbons (Fsp3) is 0.611. The molecule has 2 aliphatic rings. The van der Waals surface area contributed by atoms with Crippen molar-refractivity contribution >= 4 is 11.7 Å². The van der Waals surface area contributed by atoms with E-state index in [-0.39, 0.29) is 6.03 Å². The van der Waals surface area contributed by atoms with Crippen LogP contribution in [0.5, 0.6) is 5.75 Å². The molecule has 0 saturated carbocycles. The molecule has 1 aromatic carbocycles. The van der Waals surface area contributed by atoms with Crippen LogP contribution >= 0.6 is 0 Å². The number of amides is 2. The van der Waals surface area contributed by atoms with Gasteiger partial charge in [0.05, 0.1) is 26.0 Å². The standard InChI is InChI=1S/C18H27N3O3/c1-23-17-5-3-2-4-16(17)19-18(22)21-8-6-15(7-9-21)14-20-10-12-24-13-11-20/h2-5,15H,6-14H2,1H3,(H,19,22). The third-order valence-corrected chi connectivity index (χ3v) is 4.87. The zero-order chi connectivity index (χ0) is 16.8. The lowest BCUT2D eigenvalue weighted by atomic mass is 9.96. The summed E-state index contributed by atoms with van der Waals surface area (Å²) in [7, 11) is 1.61. The number of morpholine rings is 1. The number of benzene rings is 1. The number of rotatable bonds is 4. The molecule has 2 saturated heterocycles. The summed E-state index contributed by atoms with van der Waals surface area (Å²) in [6.07, 6.45) is 2.13. The summed E-state index contributed by atoms with van der Waals surface area (Å²) in [4.78, 5) is 16.9. The first-order chi connectivity index (χ1) is 11.8. The Morgan fingerprint density at radius 1 is 1.21 bits per heavy atom. The molecule has 1 N–H and O–H groups in total. The minimum absolute atomic E-state index is 0.0377. The Morgan fingerprint density at radius 3 is 2.62 bits per heavy atom. The molecule has 2 aliphatic heterocycles. The number of ether oxygens (including phenoxy) is 2. The maximum absolute atomic E-state index is 12.5. The van der Waals surface area contributed by atoms with Gasteiger partial charge in [0.1, 0.15) is 5.75 Å². The highest BCUT2D eigenvalue weighted by Gasteiger charge is 2.25. The number of hydrogen-bond donors (Lipinski definition) is 1. The SMILES string of the molecule is COc1ccccc1NC(=O)N1CCC(CN2CCOCC2)CC1. The largest absolute Gasteiger partial charge is 0.495 e. The topological polar surface area (TPSA) is 54.0 Å². The first kappa shape index (κ1) is 17.0. The first-order valence-electron chi connectivity index (χ1n) is 8.75. The Labute approximate surface area is 143 Å². The van der Waals surface area contributed by atoms with E-state index in [9.17, 15) is 4.79 Å². The third kappa shape index (κ3) is 4.39. The lowest BCUT2D eigenvalue weighted by Crippen LogP contribution is -2.45. The Kier molecular flexibility index (Phi) is 5.93. The Balaban J connectivity index is 1.46. The summed E-state index contributed by atoms with van der Waals surface area (Å²) in [5.74, 6) is 1.37. The molecule has 0 unspecified atom stereocenters. The summed E-state index contributed by atoms with van der Waals surface area (Å²) in [5, 5.41) is 2.96. The van der Waals surface area contributed by atoms with Gasteiger partial charge in [0.15, 0.2) is 0 Å². The Bertz CT molecular complexity index is 538. The molecular weight excluding hydrogens is 306 g/mol. The van der Waals surface area contributed by atoms with Crippen LogP contribution in [0.1, 0.15) is 12.8 Å². The molecule has 6 nitrogen and oxygen atoms in total. The summed E-state index contributed by atoms with van der Waals surface area (Å²) < 4.78 is 10.7. The lowest BCUT2D eigenvalue weighted by molar-refractivity contribution is 0.0260. The number of anilines is 1. The van der Waals surface area contributed by atoms with E-state index >= 15 is 0 Å². The average molecular weight is 333 g/mol. The second-order valence-electron chi connectivity index (χ2n) is 6.47. The van der Waals surface area contributed by atoms with Crippen LogP contribution in [0.15, 0.2) is 24.3 Å². The highest BCUT2D eigenvalue weighted by molar-refractivity contribution is 5.91. The molecule has 1 aromatic rings. The summed E-state index contributed by atoms with van der Waals surface area (Å²) >= 11 is 0. The van der Waals surface area contributed by atoms with Crippen LogP contribution in [-0.2, 0) is 4.74 Å². The smallest absolute Gasteiger partial charge is 0.321 e. The highest BCUT2D eigenvalue weighted by atomic mass is 16.5. The third-order valence-electron chi connectivity index (χ3n) is 4.87. The van der Waals surface area contributed by atoms with Gasteiger partial charge in [-0.05, 0) is 30.9 Å². The van der Waals surface area contributed by atoms with Gasteiger partial charge in [0, 0.05) is 32.7 Å². The van der Waals surface area contributed by atoms with Gasteiger partial charge in [0.2, 0.25) is 0 Å². The Morgan fingerprint density at radius 2 is 1.92 bits per heavy atom. The maximum atomic E-state index is 12.5. The molecule has 0 radical (unpaired) electrons.